The molecule has 0 aromatic heterocycles. The lowest BCUT2D eigenvalue weighted by molar-refractivity contribution is 0.609. The van der Waals surface area contributed by atoms with E-state index < -0.39 is 0 Å². The van der Waals surface area contributed by atoms with Crippen LogP contribution in [0.1, 0.15) is 17.0 Å². The highest BCUT2D eigenvalue weighted by atomic mass is 35.5. The van der Waals surface area contributed by atoms with Gasteiger partial charge in [-0.1, -0.05) is 53.5 Å². The quantitative estimate of drug-likeness (QED) is 0.845. The van der Waals surface area contributed by atoms with Crippen LogP contribution in [0, 0.1) is 5.82 Å². The molecular weight excluding hydrogens is 296 g/mol. The van der Waals surface area contributed by atoms with E-state index in [4.69, 9.17) is 23.2 Å². The minimum Gasteiger partial charge on any atom is -0.319 e. The maximum atomic E-state index is 13.5. The van der Waals surface area contributed by atoms with Gasteiger partial charge in [0.2, 0.25) is 0 Å². The van der Waals surface area contributed by atoms with Crippen LogP contribution in [-0.4, -0.2) is 13.6 Å². The second-order valence-electron chi connectivity index (χ2n) is 4.69. The van der Waals surface area contributed by atoms with Gasteiger partial charge in [0, 0.05) is 17.5 Å². The van der Waals surface area contributed by atoms with Gasteiger partial charge in [-0.05, 0) is 36.7 Å². The number of hydrogen-bond donors (Lipinski definition) is 1. The Kier molecular flexibility index (Phi) is 5.41. The first-order valence-electron chi connectivity index (χ1n) is 6.45. The molecule has 1 N–H and O–H groups in total. The van der Waals surface area contributed by atoms with Crippen molar-refractivity contribution in [1.29, 1.82) is 0 Å². The molecule has 1 atom stereocenters. The smallest absolute Gasteiger partial charge is 0.142 e. The molecule has 0 heterocycles. The minimum absolute atomic E-state index is 0.146. The molecule has 0 amide bonds. The number of rotatable bonds is 5. The fourth-order valence-electron chi connectivity index (χ4n) is 2.32. The zero-order chi connectivity index (χ0) is 14.5. The van der Waals surface area contributed by atoms with Crippen LogP contribution in [0.3, 0.4) is 0 Å². The van der Waals surface area contributed by atoms with E-state index in [2.05, 4.69) is 5.32 Å². The molecule has 0 aliphatic carbocycles. The lowest BCUT2D eigenvalue weighted by Crippen LogP contribution is -2.19. The van der Waals surface area contributed by atoms with Gasteiger partial charge in [0.1, 0.15) is 5.82 Å². The molecule has 0 aliphatic heterocycles. The summed E-state index contributed by atoms with van der Waals surface area (Å²) in [5.74, 6) is -0.237. The predicted octanol–water partition coefficient (Wildman–Crippen LogP) is 4.68. The summed E-state index contributed by atoms with van der Waals surface area (Å²) in [4.78, 5) is 0. The predicted molar refractivity (Wildman–Crippen MR) is 83.2 cm³/mol. The normalized spacial score (nSPS) is 12.4. The summed E-state index contributed by atoms with van der Waals surface area (Å²) in [5, 5.41) is 4.07. The van der Waals surface area contributed by atoms with Crippen LogP contribution in [0.25, 0.3) is 0 Å². The van der Waals surface area contributed by atoms with Crippen molar-refractivity contribution in [2.24, 2.45) is 0 Å². The molecule has 1 nitrogen and oxygen atoms in total. The van der Waals surface area contributed by atoms with Gasteiger partial charge in [0.25, 0.3) is 0 Å². The number of hydrogen-bond acceptors (Lipinski definition) is 1. The van der Waals surface area contributed by atoms with E-state index in [1.54, 1.807) is 6.07 Å². The third kappa shape index (κ3) is 3.51. The Morgan fingerprint density at radius 1 is 1.10 bits per heavy atom. The van der Waals surface area contributed by atoms with Gasteiger partial charge in [-0.25, -0.2) is 4.39 Å². The minimum atomic E-state index is -0.383. The molecular formula is C16H16Cl2FN. The van der Waals surface area contributed by atoms with Crippen LogP contribution in [0.4, 0.5) is 4.39 Å². The van der Waals surface area contributed by atoms with Gasteiger partial charge in [0.15, 0.2) is 0 Å². The Bertz CT molecular complexity index is 586. The van der Waals surface area contributed by atoms with E-state index in [1.807, 2.05) is 37.4 Å². The highest BCUT2D eigenvalue weighted by Crippen LogP contribution is 2.30. The van der Waals surface area contributed by atoms with E-state index in [0.29, 0.717) is 6.42 Å². The molecule has 1 unspecified atom stereocenters. The Morgan fingerprint density at radius 2 is 1.85 bits per heavy atom. The number of halogens is 3. The molecule has 0 spiro atoms. The Hall–Kier alpha value is -1.09. The molecule has 4 heteroatoms. The second kappa shape index (κ2) is 7.07. The summed E-state index contributed by atoms with van der Waals surface area (Å²) in [6.07, 6.45) is 0.640. The Labute approximate surface area is 128 Å². The van der Waals surface area contributed by atoms with Crippen molar-refractivity contribution in [2.45, 2.75) is 12.3 Å². The van der Waals surface area contributed by atoms with Gasteiger partial charge < -0.3 is 5.32 Å². The largest absolute Gasteiger partial charge is 0.319 e. The summed E-state index contributed by atoms with van der Waals surface area (Å²) in [7, 11) is 1.89. The van der Waals surface area contributed by atoms with E-state index in [0.717, 1.165) is 22.7 Å². The molecule has 0 saturated heterocycles. The molecule has 0 saturated carbocycles. The third-order valence-electron chi connectivity index (χ3n) is 3.29. The van der Waals surface area contributed by atoms with E-state index in [-0.39, 0.29) is 16.8 Å². The maximum absolute atomic E-state index is 13.5. The molecule has 2 rings (SSSR count). The van der Waals surface area contributed by atoms with Crippen molar-refractivity contribution in [3.05, 3.63) is 69.5 Å². The lowest BCUT2D eigenvalue weighted by Gasteiger charge is -2.19. The summed E-state index contributed by atoms with van der Waals surface area (Å²) in [5.41, 5.74) is 1.84. The SMILES string of the molecule is CNCC(Cc1cccc(F)c1Cl)c1ccccc1Cl. The standard InChI is InChI=1S/C16H16Cl2FN/c1-20-10-12(13-6-2-3-7-14(13)17)9-11-5-4-8-15(19)16(11)18/h2-8,12,20H,9-10H2,1H3. The molecule has 2 aromatic rings. The monoisotopic (exact) mass is 311 g/mol. The molecule has 0 radical (unpaired) electrons. The van der Waals surface area contributed by atoms with Gasteiger partial charge in [0.05, 0.1) is 5.02 Å². The van der Waals surface area contributed by atoms with Crippen LogP contribution >= 0.6 is 23.2 Å². The third-order valence-corrected chi connectivity index (χ3v) is 4.06. The molecule has 20 heavy (non-hydrogen) atoms. The Morgan fingerprint density at radius 3 is 2.55 bits per heavy atom. The molecule has 0 fully saturated rings. The van der Waals surface area contributed by atoms with E-state index in [1.165, 1.54) is 6.07 Å². The molecule has 2 aromatic carbocycles. The van der Waals surface area contributed by atoms with Gasteiger partial charge in [-0.15, -0.1) is 0 Å². The topological polar surface area (TPSA) is 12.0 Å². The van der Waals surface area contributed by atoms with Crippen molar-refractivity contribution < 1.29 is 4.39 Å². The second-order valence-corrected chi connectivity index (χ2v) is 5.48. The number of benzene rings is 2. The van der Waals surface area contributed by atoms with E-state index in [9.17, 15) is 4.39 Å². The lowest BCUT2D eigenvalue weighted by atomic mass is 9.91. The average molecular weight is 312 g/mol. The first-order chi connectivity index (χ1) is 9.63. The van der Waals surface area contributed by atoms with Crippen LogP contribution < -0.4 is 5.32 Å². The first kappa shape index (κ1) is 15.3. The van der Waals surface area contributed by atoms with Crippen molar-refractivity contribution in [3.63, 3.8) is 0 Å². The van der Waals surface area contributed by atoms with Crippen molar-refractivity contribution in [3.8, 4) is 0 Å². The van der Waals surface area contributed by atoms with Crippen LogP contribution in [-0.2, 0) is 6.42 Å². The van der Waals surface area contributed by atoms with Gasteiger partial charge in [-0.2, -0.15) is 0 Å². The summed E-state index contributed by atoms with van der Waals surface area (Å²) in [6.45, 7) is 0.747. The first-order valence-corrected chi connectivity index (χ1v) is 7.21. The molecule has 106 valence electrons. The highest BCUT2D eigenvalue weighted by molar-refractivity contribution is 6.31. The van der Waals surface area contributed by atoms with Crippen molar-refractivity contribution in [1.82, 2.24) is 5.32 Å². The summed E-state index contributed by atoms with van der Waals surface area (Å²) < 4.78 is 13.5. The van der Waals surface area contributed by atoms with Crippen LogP contribution in [0.15, 0.2) is 42.5 Å². The van der Waals surface area contributed by atoms with Crippen LogP contribution in [0.5, 0.6) is 0 Å². The van der Waals surface area contributed by atoms with Gasteiger partial charge >= 0.3 is 0 Å². The Balaban J connectivity index is 2.31. The van der Waals surface area contributed by atoms with Crippen LogP contribution in [0.2, 0.25) is 10.0 Å². The fourth-order valence-corrected chi connectivity index (χ4v) is 2.81. The van der Waals surface area contributed by atoms with Crippen molar-refractivity contribution >= 4 is 23.2 Å². The van der Waals surface area contributed by atoms with E-state index >= 15 is 0 Å². The molecule has 0 aliphatic rings. The fraction of sp³-hybridized carbons (Fsp3) is 0.250. The number of nitrogens with one attached hydrogen (secondary N) is 1. The highest BCUT2D eigenvalue weighted by Gasteiger charge is 2.17. The average Bonchev–Trinajstić information content (AvgIpc) is 2.44. The summed E-state index contributed by atoms with van der Waals surface area (Å²) in [6, 6.07) is 12.6. The molecule has 0 bridgehead atoms. The zero-order valence-electron chi connectivity index (χ0n) is 11.2. The number of likely N-dealkylation sites (N-methyl/N-ethyl adjacent to an activating group) is 1. The summed E-state index contributed by atoms with van der Waals surface area (Å²) >= 11 is 12.3. The zero-order valence-corrected chi connectivity index (χ0v) is 12.7. The maximum Gasteiger partial charge on any atom is 0.142 e. The van der Waals surface area contributed by atoms with Gasteiger partial charge in [-0.3, -0.25) is 0 Å². The van der Waals surface area contributed by atoms with Crippen molar-refractivity contribution in [2.75, 3.05) is 13.6 Å².